The first kappa shape index (κ1) is 14.7. The van der Waals surface area contributed by atoms with Crippen molar-refractivity contribution in [3.8, 4) is 5.75 Å². The van der Waals surface area contributed by atoms with Crippen LogP contribution in [0.4, 0.5) is 0 Å². The predicted molar refractivity (Wildman–Crippen MR) is 80.9 cm³/mol. The van der Waals surface area contributed by atoms with E-state index in [0.717, 1.165) is 29.5 Å². The fourth-order valence-electron chi connectivity index (χ4n) is 2.55. The average Bonchev–Trinajstić information content (AvgIpc) is 2.88. The van der Waals surface area contributed by atoms with Gasteiger partial charge in [0, 0.05) is 18.2 Å². The second-order valence-electron chi connectivity index (χ2n) is 5.73. The smallest absolute Gasteiger partial charge is 0.142 e. The largest absolute Gasteiger partial charge is 0.491 e. The summed E-state index contributed by atoms with van der Waals surface area (Å²) in [6, 6.07) is 6.44. The third-order valence-corrected chi connectivity index (χ3v) is 3.99. The van der Waals surface area contributed by atoms with E-state index in [-0.39, 0.29) is 0 Å². The van der Waals surface area contributed by atoms with E-state index in [0.29, 0.717) is 12.0 Å². The molecule has 19 heavy (non-hydrogen) atoms. The molecule has 0 saturated heterocycles. The Morgan fingerprint density at radius 2 is 2.05 bits per heavy atom. The maximum Gasteiger partial charge on any atom is 0.142 e. The Bertz CT molecular complexity index is 400. The zero-order valence-electron chi connectivity index (χ0n) is 11.9. The van der Waals surface area contributed by atoms with Gasteiger partial charge in [-0.25, -0.2) is 0 Å². The lowest BCUT2D eigenvalue weighted by molar-refractivity contribution is 0.249. The van der Waals surface area contributed by atoms with Gasteiger partial charge in [-0.05, 0) is 24.8 Å². The lowest BCUT2D eigenvalue weighted by Crippen LogP contribution is -2.22. The summed E-state index contributed by atoms with van der Waals surface area (Å²) in [5, 5.41) is 4.14. The molecule has 0 radical (unpaired) electrons. The Morgan fingerprint density at radius 1 is 1.32 bits per heavy atom. The van der Waals surface area contributed by atoms with Gasteiger partial charge in [-0.2, -0.15) is 0 Å². The average molecular weight is 282 g/mol. The van der Waals surface area contributed by atoms with Gasteiger partial charge in [-0.15, -0.1) is 0 Å². The van der Waals surface area contributed by atoms with Gasteiger partial charge in [0.05, 0.1) is 11.6 Å². The Kier molecular flexibility index (Phi) is 5.53. The van der Waals surface area contributed by atoms with Crippen LogP contribution >= 0.6 is 11.6 Å². The van der Waals surface area contributed by atoms with Crippen molar-refractivity contribution in [2.45, 2.75) is 52.1 Å². The number of benzene rings is 1. The molecule has 0 heterocycles. The molecule has 106 valence electrons. The standard InChI is InChI=1S/C16H24ClNO/c1-12(2)18-10-14-8-5-9-15(17)16(14)19-11-13-6-3-4-7-13/h5,8-9,12-13,18H,3-4,6-7,10-11H2,1-2H3. The number of hydrogen-bond acceptors (Lipinski definition) is 2. The molecule has 0 unspecified atom stereocenters. The van der Waals surface area contributed by atoms with Crippen molar-refractivity contribution in [1.29, 1.82) is 0 Å². The first-order valence-corrected chi connectivity index (χ1v) is 7.68. The van der Waals surface area contributed by atoms with Crippen LogP contribution < -0.4 is 10.1 Å². The Morgan fingerprint density at radius 3 is 2.74 bits per heavy atom. The SMILES string of the molecule is CC(C)NCc1cccc(Cl)c1OCC1CCCC1. The highest BCUT2D eigenvalue weighted by atomic mass is 35.5. The van der Waals surface area contributed by atoms with Crippen molar-refractivity contribution in [3.63, 3.8) is 0 Å². The van der Waals surface area contributed by atoms with E-state index in [1.165, 1.54) is 25.7 Å². The number of halogens is 1. The first-order valence-electron chi connectivity index (χ1n) is 7.30. The number of hydrogen-bond donors (Lipinski definition) is 1. The van der Waals surface area contributed by atoms with Gasteiger partial charge in [0.25, 0.3) is 0 Å². The summed E-state index contributed by atoms with van der Waals surface area (Å²) in [4.78, 5) is 0. The summed E-state index contributed by atoms with van der Waals surface area (Å²) in [6.45, 7) is 5.89. The minimum absolute atomic E-state index is 0.460. The first-order chi connectivity index (χ1) is 9.16. The van der Waals surface area contributed by atoms with Crippen molar-refractivity contribution in [3.05, 3.63) is 28.8 Å². The van der Waals surface area contributed by atoms with Crippen molar-refractivity contribution < 1.29 is 4.74 Å². The lowest BCUT2D eigenvalue weighted by atomic mass is 10.1. The fraction of sp³-hybridized carbons (Fsp3) is 0.625. The molecule has 2 nitrogen and oxygen atoms in total. The molecule has 1 aliphatic carbocycles. The van der Waals surface area contributed by atoms with E-state index >= 15 is 0 Å². The highest BCUT2D eigenvalue weighted by Crippen LogP contribution is 2.31. The molecule has 0 atom stereocenters. The van der Waals surface area contributed by atoms with Gasteiger partial charge >= 0.3 is 0 Å². The highest BCUT2D eigenvalue weighted by molar-refractivity contribution is 6.32. The summed E-state index contributed by atoms with van der Waals surface area (Å²) in [5.74, 6) is 1.58. The van der Waals surface area contributed by atoms with E-state index in [2.05, 4.69) is 25.2 Å². The van der Waals surface area contributed by atoms with Crippen LogP contribution in [0.2, 0.25) is 5.02 Å². The van der Waals surface area contributed by atoms with Gasteiger partial charge in [-0.3, -0.25) is 0 Å². The summed E-state index contributed by atoms with van der Waals surface area (Å²) >= 11 is 6.28. The zero-order valence-corrected chi connectivity index (χ0v) is 12.7. The Labute approximate surface area is 121 Å². The summed E-state index contributed by atoms with van der Waals surface area (Å²) in [6.07, 6.45) is 5.28. The van der Waals surface area contributed by atoms with Crippen LogP contribution in [-0.4, -0.2) is 12.6 Å². The molecular formula is C16H24ClNO. The van der Waals surface area contributed by atoms with Gasteiger partial charge in [-0.1, -0.05) is 50.4 Å². The van der Waals surface area contributed by atoms with Crippen LogP contribution in [0.5, 0.6) is 5.75 Å². The molecule has 3 heteroatoms. The van der Waals surface area contributed by atoms with E-state index in [1.807, 2.05) is 12.1 Å². The number of rotatable bonds is 6. The fourth-order valence-corrected chi connectivity index (χ4v) is 2.80. The molecule has 1 aromatic rings. The molecule has 0 spiro atoms. The van der Waals surface area contributed by atoms with E-state index in [4.69, 9.17) is 16.3 Å². The third-order valence-electron chi connectivity index (χ3n) is 3.69. The quantitative estimate of drug-likeness (QED) is 0.834. The minimum atomic E-state index is 0.460. The zero-order chi connectivity index (χ0) is 13.7. The van der Waals surface area contributed by atoms with Crippen LogP contribution in [0.25, 0.3) is 0 Å². The number of ether oxygens (including phenoxy) is 1. The maximum atomic E-state index is 6.28. The predicted octanol–water partition coefficient (Wildman–Crippen LogP) is 4.41. The second kappa shape index (κ2) is 7.16. The van der Waals surface area contributed by atoms with Crippen molar-refractivity contribution in [1.82, 2.24) is 5.32 Å². The molecule has 1 aromatic carbocycles. The molecule has 1 fully saturated rings. The molecule has 2 rings (SSSR count). The van der Waals surface area contributed by atoms with Crippen molar-refractivity contribution >= 4 is 11.6 Å². The third kappa shape index (κ3) is 4.39. The van der Waals surface area contributed by atoms with Crippen molar-refractivity contribution in [2.24, 2.45) is 5.92 Å². The van der Waals surface area contributed by atoms with Gasteiger partial charge in [0.1, 0.15) is 5.75 Å². The van der Waals surface area contributed by atoms with Crippen LogP contribution in [-0.2, 0) is 6.54 Å². The molecule has 1 aliphatic rings. The van der Waals surface area contributed by atoms with E-state index in [9.17, 15) is 0 Å². The topological polar surface area (TPSA) is 21.3 Å². The molecule has 1 N–H and O–H groups in total. The second-order valence-corrected chi connectivity index (χ2v) is 6.13. The lowest BCUT2D eigenvalue weighted by Gasteiger charge is -2.17. The van der Waals surface area contributed by atoms with Crippen LogP contribution in [0.1, 0.15) is 45.1 Å². The summed E-state index contributed by atoms with van der Waals surface area (Å²) in [7, 11) is 0. The normalized spacial score (nSPS) is 16.2. The monoisotopic (exact) mass is 281 g/mol. The van der Waals surface area contributed by atoms with Crippen LogP contribution in [0, 0.1) is 5.92 Å². The summed E-state index contributed by atoms with van der Waals surface area (Å²) in [5.41, 5.74) is 1.15. The molecule has 0 aromatic heterocycles. The summed E-state index contributed by atoms with van der Waals surface area (Å²) < 4.78 is 6.01. The molecule has 0 aliphatic heterocycles. The van der Waals surface area contributed by atoms with Crippen LogP contribution in [0.15, 0.2) is 18.2 Å². The van der Waals surface area contributed by atoms with Gasteiger partial charge in [0.2, 0.25) is 0 Å². The van der Waals surface area contributed by atoms with E-state index < -0.39 is 0 Å². The number of nitrogens with one attached hydrogen (secondary N) is 1. The van der Waals surface area contributed by atoms with Crippen LogP contribution in [0.3, 0.4) is 0 Å². The van der Waals surface area contributed by atoms with Crippen molar-refractivity contribution in [2.75, 3.05) is 6.61 Å². The molecule has 0 amide bonds. The molecule has 1 saturated carbocycles. The number of para-hydroxylation sites is 1. The minimum Gasteiger partial charge on any atom is -0.491 e. The highest BCUT2D eigenvalue weighted by Gasteiger charge is 2.17. The maximum absolute atomic E-state index is 6.28. The van der Waals surface area contributed by atoms with Gasteiger partial charge in [0.15, 0.2) is 0 Å². The molecular weight excluding hydrogens is 258 g/mol. The van der Waals surface area contributed by atoms with E-state index in [1.54, 1.807) is 0 Å². The molecule has 0 bridgehead atoms. The Balaban J connectivity index is 1.99. The Hall–Kier alpha value is -0.730. The van der Waals surface area contributed by atoms with Gasteiger partial charge < -0.3 is 10.1 Å².